The first-order chi connectivity index (χ1) is 10.6. The summed E-state index contributed by atoms with van der Waals surface area (Å²) >= 11 is 0. The van der Waals surface area contributed by atoms with Gasteiger partial charge in [-0.2, -0.15) is 0 Å². The zero-order valence-electron chi connectivity index (χ0n) is 12.5. The normalized spacial score (nSPS) is 14.9. The van der Waals surface area contributed by atoms with Crippen LogP contribution in [-0.4, -0.2) is 21.8 Å². The number of aromatic nitrogens is 1. The maximum Gasteiger partial charge on any atom is 0.333 e. The number of aliphatic imine (C=N–C) groups is 1. The second-order valence-electron chi connectivity index (χ2n) is 5.26. The summed E-state index contributed by atoms with van der Waals surface area (Å²) < 4.78 is 5.44. The van der Waals surface area contributed by atoms with Crippen molar-refractivity contribution in [2.75, 3.05) is 0 Å². The van der Waals surface area contributed by atoms with E-state index in [2.05, 4.69) is 9.98 Å². The molecular formula is C17H16N2O3. The quantitative estimate of drug-likeness (QED) is 0.942. The number of carboxylic acids is 1. The minimum absolute atomic E-state index is 0.328. The van der Waals surface area contributed by atoms with Gasteiger partial charge in [0, 0.05) is 23.5 Å². The number of nitrogens with zero attached hydrogens (tertiary/aromatic N) is 2. The fourth-order valence-electron chi connectivity index (χ4n) is 2.56. The minimum Gasteiger partial charge on any atom is -0.478 e. The minimum atomic E-state index is -0.929. The van der Waals surface area contributed by atoms with Crippen LogP contribution in [0.15, 0.2) is 45.8 Å². The van der Waals surface area contributed by atoms with E-state index in [1.54, 1.807) is 24.7 Å². The zero-order valence-corrected chi connectivity index (χ0v) is 12.5. The maximum atomic E-state index is 11.5. The molecule has 0 aromatic carbocycles. The van der Waals surface area contributed by atoms with Crippen molar-refractivity contribution in [1.82, 2.24) is 4.98 Å². The Labute approximate surface area is 128 Å². The molecular weight excluding hydrogens is 280 g/mol. The monoisotopic (exact) mass is 296 g/mol. The molecule has 0 radical (unpaired) electrons. The molecule has 1 N–H and O–H groups in total. The van der Waals surface area contributed by atoms with Crippen molar-refractivity contribution in [3.8, 4) is 0 Å². The summed E-state index contributed by atoms with van der Waals surface area (Å²) in [6.45, 7) is 3.89. The van der Waals surface area contributed by atoms with Crippen LogP contribution in [0.25, 0.3) is 5.70 Å². The van der Waals surface area contributed by atoms with Gasteiger partial charge >= 0.3 is 5.97 Å². The van der Waals surface area contributed by atoms with Gasteiger partial charge in [-0.25, -0.2) is 4.79 Å². The van der Waals surface area contributed by atoms with E-state index in [1.807, 2.05) is 19.9 Å². The smallest absolute Gasteiger partial charge is 0.333 e. The number of carbonyl (C=O) groups is 1. The molecule has 3 rings (SSSR count). The molecule has 5 nitrogen and oxygen atoms in total. The third kappa shape index (κ3) is 2.45. The number of hydrogen-bond donors (Lipinski definition) is 1. The molecule has 0 bridgehead atoms. The lowest BCUT2D eigenvalue weighted by atomic mass is 9.94. The Morgan fingerprint density at radius 1 is 1.32 bits per heavy atom. The van der Waals surface area contributed by atoms with E-state index < -0.39 is 5.97 Å². The Morgan fingerprint density at radius 2 is 2.14 bits per heavy atom. The molecule has 112 valence electrons. The van der Waals surface area contributed by atoms with Crippen LogP contribution in [0.5, 0.6) is 0 Å². The van der Waals surface area contributed by atoms with Crippen LogP contribution >= 0.6 is 0 Å². The summed E-state index contributed by atoms with van der Waals surface area (Å²) in [6, 6.07) is 3.60. The second kappa shape index (κ2) is 5.60. The molecule has 1 aliphatic rings. The molecule has 5 heteroatoms. The van der Waals surface area contributed by atoms with Gasteiger partial charge in [-0.1, -0.05) is 0 Å². The van der Waals surface area contributed by atoms with Gasteiger partial charge in [0.2, 0.25) is 0 Å². The van der Waals surface area contributed by atoms with E-state index in [9.17, 15) is 9.90 Å². The van der Waals surface area contributed by atoms with Gasteiger partial charge in [-0.3, -0.25) is 9.98 Å². The first-order valence-corrected chi connectivity index (χ1v) is 7.07. The van der Waals surface area contributed by atoms with Crippen LogP contribution in [0.1, 0.15) is 35.3 Å². The van der Waals surface area contributed by atoms with Gasteiger partial charge in [0.05, 0.1) is 23.2 Å². The highest BCUT2D eigenvalue weighted by Gasteiger charge is 2.24. The van der Waals surface area contributed by atoms with Gasteiger partial charge in [0.1, 0.15) is 5.76 Å². The van der Waals surface area contributed by atoms with E-state index in [4.69, 9.17) is 4.42 Å². The molecule has 0 aliphatic carbocycles. The molecule has 22 heavy (non-hydrogen) atoms. The van der Waals surface area contributed by atoms with Gasteiger partial charge in [0.15, 0.2) is 0 Å². The van der Waals surface area contributed by atoms with Crippen molar-refractivity contribution in [2.45, 2.75) is 26.7 Å². The summed E-state index contributed by atoms with van der Waals surface area (Å²) in [5.41, 5.74) is 4.38. The number of furan rings is 1. The molecule has 0 amide bonds. The first kappa shape index (κ1) is 14.3. The highest BCUT2D eigenvalue weighted by atomic mass is 16.4. The lowest BCUT2D eigenvalue weighted by molar-refractivity contribution is -0.132. The number of aliphatic carboxylic acids is 1. The standard InChI is InChI=1S/C17H16N2O3/c1-10-11(2)22-9-14(10)15-6-5-13(17(20)21)16(19-15)12-4-3-7-18-8-12/h3-4,7-9H,5-6H2,1-2H3,(H,20,21). The van der Waals surface area contributed by atoms with Crippen molar-refractivity contribution < 1.29 is 14.3 Å². The van der Waals surface area contributed by atoms with E-state index in [-0.39, 0.29) is 0 Å². The molecule has 0 unspecified atom stereocenters. The molecule has 0 saturated heterocycles. The van der Waals surface area contributed by atoms with E-state index in [0.717, 1.165) is 28.2 Å². The Bertz CT molecular complexity index is 785. The van der Waals surface area contributed by atoms with Crippen molar-refractivity contribution in [3.63, 3.8) is 0 Å². The van der Waals surface area contributed by atoms with Crippen LogP contribution in [0.4, 0.5) is 0 Å². The predicted octanol–water partition coefficient (Wildman–Crippen LogP) is 3.37. The van der Waals surface area contributed by atoms with Crippen molar-refractivity contribution >= 4 is 17.4 Å². The summed E-state index contributed by atoms with van der Waals surface area (Å²) in [4.78, 5) is 20.2. The Hall–Kier alpha value is -2.69. The number of rotatable bonds is 3. The Kier molecular flexibility index (Phi) is 3.63. The maximum absolute atomic E-state index is 11.5. The molecule has 1 aliphatic heterocycles. The molecule has 0 saturated carbocycles. The first-order valence-electron chi connectivity index (χ1n) is 7.07. The van der Waals surface area contributed by atoms with Crippen LogP contribution in [0, 0.1) is 13.8 Å². The molecule has 0 fully saturated rings. The molecule has 0 spiro atoms. The van der Waals surface area contributed by atoms with E-state index in [1.165, 1.54) is 0 Å². The summed E-state index contributed by atoms with van der Waals surface area (Å²) in [5.74, 6) is -0.0737. The highest BCUT2D eigenvalue weighted by molar-refractivity contribution is 6.09. The molecule has 0 atom stereocenters. The molecule has 2 aromatic rings. The zero-order chi connectivity index (χ0) is 15.7. The highest BCUT2D eigenvalue weighted by Crippen LogP contribution is 2.31. The van der Waals surface area contributed by atoms with Gasteiger partial charge in [-0.05, 0) is 44.4 Å². The number of hydrogen-bond acceptors (Lipinski definition) is 4. The second-order valence-corrected chi connectivity index (χ2v) is 5.26. The lowest BCUT2D eigenvalue weighted by Crippen LogP contribution is -2.14. The third-order valence-corrected chi connectivity index (χ3v) is 3.93. The Morgan fingerprint density at radius 3 is 2.73 bits per heavy atom. The van der Waals surface area contributed by atoms with E-state index >= 15 is 0 Å². The van der Waals surface area contributed by atoms with Crippen molar-refractivity contribution in [2.24, 2.45) is 4.99 Å². The fraction of sp³-hybridized carbons (Fsp3) is 0.235. The number of aryl methyl sites for hydroxylation is 1. The van der Waals surface area contributed by atoms with Crippen LogP contribution < -0.4 is 0 Å². The van der Waals surface area contributed by atoms with Gasteiger partial charge in [-0.15, -0.1) is 0 Å². The van der Waals surface area contributed by atoms with Crippen molar-refractivity contribution in [3.05, 3.63) is 58.8 Å². The van der Waals surface area contributed by atoms with Crippen LogP contribution in [0.3, 0.4) is 0 Å². The summed E-state index contributed by atoms with van der Waals surface area (Å²) in [5, 5.41) is 9.42. The molecule has 2 aromatic heterocycles. The SMILES string of the molecule is Cc1occ(C2=NC(c3cccnc3)=C(C(=O)O)CC2)c1C. The van der Waals surface area contributed by atoms with Crippen LogP contribution in [-0.2, 0) is 4.79 Å². The average molecular weight is 296 g/mol. The van der Waals surface area contributed by atoms with Gasteiger partial charge < -0.3 is 9.52 Å². The topological polar surface area (TPSA) is 75.7 Å². The molecule has 3 heterocycles. The largest absolute Gasteiger partial charge is 0.478 e. The number of pyridine rings is 1. The summed E-state index contributed by atoms with van der Waals surface area (Å²) in [6.07, 6.45) is 6.02. The fourth-order valence-corrected chi connectivity index (χ4v) is 2.56. The lowest BCUT2D eigenvalue weighted by Gasteiger charge is -2.17. The third-order valence-electron chi connectivity index (χ3n) is 3.93. The number of carboxylic acid groups (broad SMARTS) is 1. The average Bonchev–Trinajstić information content (AvgIpc) is 2.87. The van der Waals surface area contributed by atoms with Crippen molar-refractivity contribution in [1.29, 1.82) is 0 Å². The van der Waals surface area contributed by atoms with E-state index in [0.29, 0.717) is 24.1 Å². The van der Waals surface area contributed by atoms with Crippen LogP contribution in [0.2, 0.25) is 0 Å². The van der Waals surface area contributed by atoms with Gasteiger partial charge in [0.25, 0.3) is 0 Å². The Balaban J connectivity index is 2.13. The predicted molar refractivity (Wildman–Crippen MR) is 82.7 cm³/mol. The summed E-state index contributed by atoms with van der Waals surface area (Å²) in [7, 11) is 0.